The molecule has 1 aliphatic heterocycles. The van der Waals surface area contributed by atoms with Crippen LogP contribution in [-0.2, 0) is 20.9 Å². The van der Waals surface area contributed by atoms with E-state index in [-0.39, 0.29) is 24.2 Å². The zero-order valence-corrected chi connectivity index (χ0v) is 16.8. The van der Waals surface area contributed by atoms with Crippen LogP contribution in [0.3, 0.4) is 0 Å². The van der Waals surface area contributed by atoms with Crippen molar-refractivity contribution in [3.8, 4) is 0 Å². The van der Waals surface area contributed by atoms with Crippen LogP contribution in [0.5, 0.6) is 0 Å². The van der Waals surface area contributed by atoms with Crippen molar-refractivity contribution in [2.24, 2.45) is 0 Å². The van der Waals surface area contributed by atoms with Crippen molar-refractivity contribution in [2.45, 2.75) is 43.9 Å². The molecule has 12 heteroatoms. The first kappa shape index (κ1) is 23.5. The van der Waals surface area contributed by atoms with E-state index in [4.69, 9.17) is 19.4 Å². The highest BCUT2D eigenvalue weighted by Crippen LogP contribution is 2.33. The lowest BCUT2D eigenvalue weighted by atomic mass is 10.1. The lowest BCUT2D eigenvalue weighted by molar-refractivity contribution is -0.192. The number of alkyl halides is 3. The van der Waals surface area contributed by atoms with Crippen LogP contribution in [0.4, 0.5) is 13.2 Å². The van der Waals surface area contributed by atoms with Crippen LogP contribution in [0.1, 0.15) is 28.9 Å². The van der Waals surface area contributed by atoms with Gasteiger partial charge in [-0.3, -0.25) is 14.8 Å². The summed E-state index contributed by atoms with van der Waals surface area (Å²) in [5.41, 5.74) is 1.41. The van der Waals surface area contributed by atoms with Crippen LogP contribution in [0.2, 0.25) is 0 Å². The predicted octanol–water partition coefficient (Wildman–Crippen LogP) is 2.09. The van der Waals surface area contributed by atoms with Crippen LogP contribution >= 0.6 is 0 Å². The first-order chi connectivity index (χ1) is 15.3. The molecule has 32 heavy (non-hydrogen) atoms. The minimum atomic E-state index is -5.08. The molecular weight excluding hydrogens is 433 g/mol. The van der Waals surface area contributed by atoms with Gasteiger partial charge in [-0.05, 0) is 24.5 Å². The normalized spacial score (nSPS) is 22.5. The topological polar surface area (TPSA) is 115 Å². The number of aromatic nitrogens is 3. The maximum atomic E-state index is 12.7. The highest BCUT2D eigenvalue weighted by atomic mass is 19.4. The summed E-state index contributed by atoms with van der Waals surface area (Å²) >= 11 is 0. The molecule has 1 aliphatic carbocycles. The number of hydrogen-bond acceptors (Lipinski definition) is 7. The Morgan fingerprint density at radius 3 is 2.56 bits per heavy atom. The monoisotopic (exact) mass is 454 g/mol. The van der Waals surface area contributed by atoms with Crippen molar-refractivity contribution in [3.63, 3.8) is 0 Å². The molecule has 1 amide bonds. The molecule has 3 heterocycles. The average molecular weight is 454 g/mol. The molecule has 1 saturated heterocycles. The molecule has 172 valence electrons. The van der Waals surface area contributed by atoms with Gasteiger partial charge in [-0.1, -0.05) is 6.07 Å². The lowest BCUT2D eigenvalue weighted by Gasteiger charge is -2.38. The number of carbonyl (C=O) groups excluding carboxylic acids is 1. The number of carboxylic acids is 1. The third-order valence-electron chi connectivity index (χ3n) is 5.01. The molecule has 0 spiro atoms. The SMILES string of the molecule is O=C(O)C(F)(F)F.O=C(c1cnccn1)N1CCO[C@H]2[C@H](OCc3cccnc3)CC[C@@H]21. The number of morpholine rings is 1. The number of aliphatic carboxylic acids is 1. The minimum absolute atomic E-state index is 0.0114. The van der Waals surface area contributed by atoms with Crippen molar-refractivity contribution >= 4 is 11.9 Å². The van der Waals surface area contributed by atoms with Crippen molar-refractivity contribution in [2.75, 3.05) is 13.2 Å². The first-order valence-electron chi connectivity index (χ1n) is 9.76. The van der Waals surface area contributed by atoms with Gasteiger partial charge in [0.15, 0.2) is 0 Å². The number of carboxylic acid groups (broad SMARTS) is 1. The number of ether oxygens (including phenoxy) is 2. The van der Waals surface area contributed by atoms with Crippen molar-refractivity contribution < 1.29 is 37.3 Å². The van der Waals surface area contributed by atoms with E-state index in [0.717, 1.165) is 18.4 Å². The summed E-state index contributed by atoms with van der Waals surface area (Å²) in [4.78, 5) is 35.7. The fourth-order valence-corrected chi connectivity index (χ4v) is 3.59. The number of amides is 1. The Balaban J connectivity index is 0.000000360. The summed E-state index contributed by atoms with van der Waals surface area (Å²) in [5, 5.41) is 7.12. The molecular formula is C20H21F3N4O5. The van der Waals surface area contributed by atoms with E-state index in [1.54, 1.807) is 24.8 Å². The third kappa shape index (κ3) is 5.98. The molecule has 9 nitrogen and oxygen atoms in total. The third-order valence-corrected chi connectivity index (χ3v) is 5.01. The molecule has 2 fully saturated rings. The maximum absolute atomic E-state index is 12.7. The Kier molecular flexibility index (Phi) is 7.70. The van der Waals surface area contributed by atoms with E-state index in [1.807, 2.05) is 17.0 Å². The highest BCUT2D eigenvalue weighted by molar-refractivity contribution is 5.92. The van der Waals surface area contributed by atoms with E-state index in [1.165, 1.54) is 6.20 Å². The quantitative estimate of drug-likeness (QED) is 0.747. The average Bonchev–Trinajstić information content (AvgIpc) is 3.21. The molecule has 2 aliphatic rings. The lowest BCUT2D eigenvalue weighted by Crippen LogP contribution is -2.54. The standard InChI is InChI=1S/C18H20N4O3.C2HF3O2/c23-18(14-11-20-6-7-21-14)22-8-9-24-17-15(22)3-4-16(17)25-12-13-2-1-5-19-10-13;3-2(4,5)1(6)7/h1-2,5-7,10-11,15-17H,3-4,8-9,12H2;(H,6,7)/t15-,16+,17+;/m0./s1. The van der Waals surface area contributed by atoms with Crippen LogP contribution < -0.4 is 0 Å². The Bertz CT molecular complexity index is 901. The molecule has 1 N–H and O–H groups in total. The fourth-order valence-electron chi connectivity index (χ4n) is 3.59. The Hall–Kier alpha value is -3.12. The van der Waals surface area contributed by atoms with Gasteiger partial charge in [0.1, 0.15) is 11.8 Å². The van der Waals surface area contributed by atoms with E-state index < -0.39 is 12.1 Å². The number of fused-ring (bicyclic) bond motifs is 1. The molecule has 0 aromatic carbocycles. The number of hydrogen-bond donors (Lipinski definition) is 1. The first-order valence-corrected chi connectivity index (χ1v) is 9.76. The maximum Gasteiger partial charge on any atom is 0.490 e. The predicted molar refractivity (Wildman–Crippen MR) is 102 cm³/mol. The van der Waals surface area contributed by atoms with Crippen molar-refractivity contribution in [3.05, 3.63) is 54.4 Å². The molecule has 0 unspecified atom stereocenters. The van der Waals surface area contributed by atoms with Gasteiger partial charge in [-0.2, -0.15) is 13.2 Å². The van der Waals surface area contributed by atoms with E-state index in [0.29, 0.717) is 25.5 Å². The van der Waals surface area contributed by atoms with Crippen LogP contribution in [0.25, 0.3) is 0 Å². The van der Waals surface area contributed by atoms with Gasteiger partial charge in [-0.25, -0.2) is 9.78 Å². The molecule has 1 saturated carbocycles. The van der Waals surface area contributed by atoms with E-state index >= 15 is 0 Å². The van der Waals surface area contributed by atoms with Crippen LogP contribution in [-0.4, -0.2) is 74.4 Å². The second-order valence-corrected chi connectivity index (χ2v) is 7.08. The highest BCUT2D eigenvalue weighted by Gasteiger charge is 2.45. The van der Waals surface area contributed by atoms with Gasteiger partial charge < -0.3 is 19.5 Å². The van der Waals surface area contributed by atoms with Crippen LogP contribution in [0, 0.1) is 0 Å². The van der Waals surface area contributed by atoms with Gasteiger partial charge in [0.2, 0.25) is 0 Å². The van der Waals surface area contributed by atoms with Gasteiger partial charge in [0.25, 0.3) is 5.91 Å². The van der Waals surface area contributed by atoms with Gasteiger partial charge in [0.05, 0.1) is 31.6 Å². The zero-order chi connectivity index (χ0) is 23.1. The summed E-state index contributed by atoms with van der Waals surface area (Å²) in [6.07, 6.45) is 4.73. The second kappa shape index (κ2) is 10.5. The molecule has 2 aromatic rings. The number of rotatable bonds is 4. The largest absolute Gasteiger partial charge is 0.490 e. The van der Waals surface area contributed by atoms with Crippen LogP contribution in [0.15, 0.2) is 43.1 Å². The number of pyridine rings is 1. The summed E-state index contributed by atoms with van der Waals surface area (Å²) in [6.45, 7) is 1.59. The number of nitrogens with zero attached hydrogens (tertiary/aromatic N) is 4. The Morgan fingerprint density at radius 1 is 1.19 bits per heavy atom. The summed E-state index contributed by atoms with van der Waals surface area (Å²) in [7, 11) is 0. The molecule has 4 rings (SSSR count). The van der Waals surface area contributed by atoms with Gasteiger partial charge in [-0.15, -0.1) is 0 Å². The van der Waals surface area contributed by atoms with Gasteiger partial charge >= 0.3 is 12.1 Å². The molecule has 2 aromatic heterocycles. The molecule has 0 bridgehead atoms. The number of carbonyl (C=O) groups is 2. The molecule has 0 radical (unpaired) electrons. The van der Waals surface area contributed by atoms with Crippen molar-refractivity contribution in [1.29, 1.82) is 0 Å². The summed E-state index contributed by atoms with van der Waals surface area (Å²) < 4.78 is 43.7. The zero-order valence-electron chi connectivity index (χ0n) is 16.8. The minimum Gasteiger partial charge on any atom is -0.475 e. The van der Waals surface area contributed by atoms with E-state index in [9.17, 15) is 18.0 Å². The smallest absolute Gasteiger partial charge is 0.475 e. The van der Waals surface area contributed by atoms with Crippen molar-refractivity contribution in [1.82, 2.24) is 19.9 Å². The summed E-state index contributed by atoms with van der Waals surface area (Å²) in [6, 6.07) is 3.92. The van der Waals surface area contributed by atoms with Gasteiger partial charge in [0, 0.05) is 31.3 Å². The van der Waals surface area contributed by atoms with E-state index in [2.05, 4.69) is 15.0 Å². The fraction of sp³-hybridized carbons (Fsp3) is 0.450. The summed E-state index contributed by atoms with van der Waals surface area (Å²) in [5.74, 6) is -2.84. The molecule has 3 atom stereocenters. The Labute approximate surface area is 181 Å². The Morgan fingerprint density at radius 2 is 1.94 bits per heavy atom. The number of halogens is 3. The second-order valence-electron chi connectivity index (χ2n) is 7.08.